The molecule has 2 aromatic heterocycles. The van der Waals surface area contributed by atoms with Crippen LogP contribution in [-0.2, 0) is 9.53 Å². The van der Waals surface area contributed by atoms with Gasteiger partial charge in [-0.25, -0.2) is 14.4 Å². The third kappa shape index (κ3) is 5.36. The minimum Gasteiger partial charge on any atom is -0.494 e. The fourth-order valence-corrected chi connectivity index (χ4v) is 4.56. The first-order chi connectivity index (χ1) is 18.0. The second kappa shape index (κ2) is 10.7. The summed E-state index contributed by atoms with van der Waals surface area (Å²) in [6.45, 7) is 1.68. The summed E-state index contributed by atoms with van der Waals surface area (Å²) < 4.78 is 30.6. The highest BCUT2D eigenvalue weighted by Gasteiger charge is 2.27. The highest BCUT2D eigenvalue weighted by atomic mass is 19.1. The molecule has 37 heavy (non-hydrogen) atoms. The van der Waals surface area contributed by atoms with Crippen LogP contribution in [0.1, 0.15) is 36.0 Å². The van der Waals surface area contributed by atoms with Gasteiger partial charge in [-0.1, -0.05) is 0 Å². The van der Waals surface area contributed by atoms with E-state index in [1.807, 2.05) is 0 Å². The number of piperidine rings is 1. The average Bonchev–Trinajstić information content (AvgIpc) is 3.63. The number of nitrogens with zero attached hydrogens (tertiary/aromatic N) is 3. The maximum atomic E-state index is 14.5. The molecule has 2 fully saturated rings. The van der Waals surface area contributed by atoms with Crippen molar-refractivity contribution in [3.05, 3.63) is 36.0 Å². The molecule has 2 aliphatic rings. The number of methoxy groups -OCH3 is 2. The Bertz CT molecular complexity index is 1300. The lowest BCUT2D eigenvalue weighted by molar-refractivity contribution is -0.136. The quantitative estimate of drug-likeness (QED) is 0.453. The van der Waals surface area contributed by atoms with Gasteiger partial charge in [0.15, 0.2) is 11.6 Å². The van der Waals surface area contributed by atoms with Crippen molar-refractivity contribution in [3.63, 3.8) is 0 Å². The van der Waals surface area contributed by atoms with Crippen LogP contribution in [-0.4, -0.2) is 78.2 Å². The maximum absolute atomic E-state index is 14.5. The molecular weight excluding hydrogens is 481 g/mol. The summed E-state index contributed by atoms with van der Waals surface area (Å²) in [5.41, 5.74) is 2.40. The molecule has 1 saturated carbocycles. The number of carbonyl (C=O) groups excluding carboxylic acids is 2. The van der Waals surface area contributed by atoms with Gasteiger partial charge < -0.3 is 29.4 Å². The van der Waals surface area contributed by atoms with Crippen molar-refractivity contribution in [2.24, 2.45) is 5.92 Å². The van der Waals surface area contributed by atoms with Crippen LogP contribution in [0.25, 0.3) is 22.3 Å². The SMILES string of the molecule is COCC(=O)N1CCC(NC(=O)c2c[nH]c3c(-c4cc(OC)c(F)cc4OCC4CC4)ncnc23)CC1. The van der Waals surface area contributed by atoms with Crippen molar-refractivity contribution in [3.8, 4) is 22.8 Å². The molecule has 3 heterocycles. The molecule has 10 nitrogen and oxygen atoms in total. The Morgan fingerprint density at radius 3 is 2.62 bits per heavy atom. The van der Waals surface area contributed by atoms with Gasteiger partial charge in [-0.15, -0.1) is 0 Å². The number of aromatic amines is 1. The third-order valence-electron chi connectivity index (χ3n) is 6.84. The lowest BCUT2D eigenvalue weighted by atomic mass is 10.0. The first-order valence-corrected chi connectivity index (χ1v) is 12.4. The van der Waals surface area contributed by atoms with Gasteiger partial charge >= 0.3 is 0 Å². The first-order valence-electron chi connectivity index (χ1n) is 12.4. The maximum Gasteiger partial charge on any atom is 0.255 e. The number of carbonyl (C=O) groups is 2. The number of ether oxygens (including phenoxy) is 3. The average molecular weight is 512 g/mol. The van der Waals surface area contributed by atoms with Gasteiger partial charge in [0.05, 0.1) is 24.8 Å². The molecule has 196 valence electrons. The van der Waals surface area contributed by atoms with Crippen LogP contribution in [0.15, 0.2) is 24.7 Å². The Hall–Kier alpha value is -3.73. The second-order valence-electron chi connectivity index (χ2n) is 9.45. The third-order valence-corrected chi connectivity index (χ3v) is 6.84. The number of nitrogens with one attached hydrogen (secondary N) is 2. The molecule has 1 aromatic carbocycles. The molecule has 1 aliphatic carbocycles. The van der Waals surface area contributed by atoms with E-state index in [-0.39, 0.29) is 30.2 Å². The van der Waals surface area contributed by atoms with E-state index in [0.29, 0.717) is 72.1 Å². The molecule has 0 spiro atoms. The molecule has 1 aliphatic heterocycles. The van der Waals surface area contributed by atoms with E-state index < -0.39 is 5.82 Å². The Kier molecular flexibility index (Phi) is 7.22. The van der Waals surface area contributed by atoms with E-state index in [4.69, 9.17) is 14.2 Å². The smallest absolute Gasteiger partial charge is 0.255 e. The van der Waals surface area contributed by atoms with E-state index in [9.17, 15) is 14.0 Å². The minimum atomic E-state index is -0.524. The molecule has 0 bridgehead atoms. The van der Waals surface area contributed by atoms with Crippen LogP contribution in [0.3, 0.4) is 0 Å². The van der Waals surface area contributed by atoms with E-state index in [1.54, 1.807) is 17.2 Å². The number of H-pyrrole nitrogens is 1. The van der Waals surface area contributed by atoms with Crippen LogP contribution in [0.5, 0.6) is 11.5 Å². The van der Waals surface area contributed by atoms with Crippen LogP contribution in [0, 0.1) is 11.7 Å². The minimum absolute atomic E-state index is 0.0500. The molecule has 2 amide bonds. The van der Waals surface area contributed by atoms with Gasteiger partial charge in [-0.05, 0) is 37.7 Å². The summed E-state index contributed by atoms with van der Waals surface area (Å²) in [5.74, 6) is 0.0736. The molecule has 0 radical (unpaired) electrons. The number of fused-ring (bicyclic) bond motifs is 1. The zero-order valence-electron chi connectivity index (χ0n) is 20.9. The summed E-state index contributed by atoms with van der Waals surface area (Å²) in [7, 11) is 2.90. The van der Waals surface area contributed by atoms with Crippen molar-refractivity contribution < 1.29 is 28.2 Å². The van der Waals surface area contributed by atoms with Gasteiger partial charge in [0.2, 0.25) is 5.91 Å². The number of likely N-dealkylation sites (tertiary alicyclic amines) is 1. The highest BCUT2D eigenvalue weighted by molar-refractivity contribution is 6.08. The molecular formula is C26H30FN5O5. The zero-order valence-corrected chi connectivity index (χ0v) is 20.9. The highest BCUT2D eigenvalue weighted by Crippen LogP contribution is 2.39. The fraction of sp³-hybridized carbons (Fsp3) is 0.462. The normalized spacial score (nSPS) is 16.1. The topological polar surface area (TPSA) is 119 Å². The molecule has 1 saturated heterocycles. The predicted molar refractivity (Wildman–Crippen MR) is 133 cm³/mol. The van der Waals surface area contributed by atoms with Crippen LogP contribution in [0.4, 0.5) is 4.39 Å². The van der Waals surface area contributed by atoms with Gasteiger partial charge in [0, 0.05) is 44.1 Å². The second-order valence-corrected chi connectivity index (χ2v) is 9.45. The molecule has 5 rings (SSSR count). The van der Waals surface area contributed by atoms with Crippen molar-refractivity contribution in [1.29, 1.82) is 0 Å². The summed E-state index contributed by atoms with van der Waals surface area (Å²) >= 11 is 0. The van der Waals surface area contributed by atoms with E-state index in [0.717, 1.165) is 12.8 Å². The molecule has 3 aromatic rings. The number of rotatable bonds is 9. The van der Waals surface area contributed by atoms with Gasteiger partial charge in [0.25, 0.3) is 5.91 Å². The van der Waals surface area contributed by atoms with Crippen molar-refractivity contribution in [1.82, 2.24) is 25.2 Å². The van der Waals surface area contributed by atoms with Gasteiger partial charge in [-0.3, -0.25) is 9.59 Å². The van der Waals surface area contributed by atoms with Crippen molar-refractivity contribution in [2.45, 2.75) is 31.7 Å². The van der Waals surface area contributed by atoms with Gasteiger partial charge in [0.1, 0.15) is 29.9 Å². The number of aromatic nitrogens is 3. The first kappa shape index (κ1) is 24.9. The number of hydrogen-bond acceptors (Lipinski definition) is 7. The Labute approximate surface area is 213 Å². The van der Waals surface area contributed by atoms with Crippen LogP contribution >= 0.6 is 0 Å². The molecule has 0 unspecified atom stereocenters. The molecule has 2 N–H and O–H groups in total. The number of hydrogen-bond donors (Lipinski definition) is 2. The van der Waals surface area contributed by atoms with Gasteiger partial charge in [-0.2, -0.15) is 0 Å². The van der Waals surface area contributed by atoms with Crippen molar-refractivity contribution in [2.75, 3.05) is 40.5 Å². The lowest BCUT2D eigenvalue weighted by Gasteiger charge is -2.32. The summed E-state index contributed by atoms with van der Waals surface area (Å²) in [6.07, 6.45) is 6.48. The van der Waals surface area contributed by atoms with Crippen molar-refractivity contribution >= 4 is 22.8 Å². The monoisotopic (exact) mass is 511 g/mol. The molecule has 0 atom stereocenters. The standard InChI is InChI=1S/C26H30FN5O5/c1-35-13-22(33)32-7-5-16(6-8-32)31-26(34)18-11-28-25-23(29-14-30-24(18)25)17-9-21(36-2)19(27)10-20(17)37-12-15-3-4-15/h9-11,14-16,28H,3-8,12-13H2,1-2H3,(H,31,34). The summed E-state index contributed by atoms with van der Waals surface area (Å²) in [4.78, 5) is 38.9. The number of halogens is 1. The molecule has 11 heteroatoms. The van der Waals surface area contributed by atoms with Crippen LogP contribution < -0.4 is 14.8 Å². The summed E-state index contributed by atoms with van der Waals surface area (Å²) in [5, 5.41) is 3.06. The Balaban J connectivity index is 1.37. The number of amides is 2. The largest absolute Gasteiger partial charge is 0.494 e. The van der Waals surface area contributed by atoms with E-state index in [1.165, 1.54) is 26.6 Å². The number of benzene rings is 1. The summed E-state index contributed by atoms with van der Waals surface area (Å²) in [6, 6.07) is 2.80. The Morgan fingerprint density at radius 2 is 1.92 bits per heavy atom. The fourth-order valence-electron chi connectivity index (χ4n) is 4.56. The Morgan fingerprint density at radius 1 is 1.14 bits per heavy atom. The zero-order chi connectivity index (χ0) is 25.9. The van der Waals surface area contributed by atoms with E-state index in [2.05, 4.69) is 20.3 Å². The predicted octanol–water partition coefficient (Wildman–Crippen LogP) is 2.93. The lowest BCUT2D eigenvalue weighted by Crippen LogP contribution is -2.47. The van der Waals surface area contributed by atoms with E-state index >= 15 is 0 Å². The van der Waals surface area contributed by atoms with Crippen LogP contribution in [0.2, 0.25) is 0 Å².